The number of H-pyrrole nitrogens is 1. The zero-order valence-corrected chi connectivity index (χ0v) is 3.68. The van der Waals surface area contributed by atoms with Gasteiger partial charge in [0.15, 0.2) is 0 Å². The second-order valence-corrected chi connectivity index (χ2v) is 1.15. The van der Waals surface area contributed by atoms with E-state index in [1.807, 2.05) is 0 Å². The van der Waals surface area contributed by atoms with E-state index >= 15 is 0 Å². The predicted octanol–water partition coefficient (Wildman–Crippen LogP) is -0.298. The lowest BCUT2D eigenvalue weighted by molar-refractivity contribution is 0.277. The quantitative estimate of drug-likeness (QED) is 0.505. The second kappa shape index (κ2) is 1.75. The Morgan fingerprint density at radius 1 is 2.00 bits per heavy atom. The first-order valence-electron chi connectivity index (χ1n) is 1.94. The van der Waals surface area contributed by atoms with Crippen LogP contribution in [0.5, 0.6) is 0 Å². The average Bonchev–Trinajstić information content (AvgIpc) is 2.14. The van der Waals surface area contributed by atoms with E-state index in [1.165, 1.54) is 6.33 Å². The number of aromatic nitrogens is 2. The zero-order chi connectivity index (χ0) is 5.11. The van der Waals surface area contributed by atoms with Crippen LogP contribution in [0.25, 0.3) is 0 Å². The summed E-state index contributed by atoms with van der Waals surface area (Å²) >= 11 is 0. The van der Waals surface area contributed by atoms with Crippen molar-refractivity contribution in [1.82, 2.24) is 9.97 Å². The molecule has 7 heavy (non-hydrogen) atoms. The molecule has 1 aromatic rings. The monoisotopic (exact) mass is 97.0 g/mol. The molecule has 0 aliphatic carbocycles. The molecule has 0 fully saturated rings. The van der Waals surface area contributed by atoms with E-state index in [4.69, 9.17) is 5.11 Å². The Morgan fingerprint density at radius 3 is 3.14 bits per heavy atom. The minimum absolute atomic E-state index is 0.0139. The topological polar surface area (TPSA) is 48.9 Å². The molecule has 0 saturated carbocycles. The second-order valence-electron chi connectivity index (χ2n) is 1.15. The molecule has 0 amide bonds. The van der Waals surface area contributed by atoms with Crippen molar-refractivity contribution < 1.29 is 5.11 Å². The zero-order valence-electron chi connectivity index (χ0n) is 3.68. The van der Waals surface area contributed by atoms with E-state index in [0.717, 1.165) is 0 Å². The number of aliphatic hydroxyl groups excluding tert-OH is 1. The van der Waals surface area contributed by atoms with Crippen LogP contribution in [0, 0.1) is 6.20 Å². The summed E-state index contributed by atoms with van der Waals surface area (Å²) in [5.74, 6) is 0. The Bertz CT molecular complexity index is 124. The van der Waals surface area contributed by atoms with Gasteiger partial charge in [0.05, 0.1) is 18.6 Å². The normalized spacial score (nSPS) is 9.29. The molecule has 1 rings (SSSR count). The van der Waals surface area contributed by atoms with Crippen molar-refractivity contribution in [1.29, 1.82) is 0 Å². The number of nitrogens with zero attached hydrogens (tertiary/aromatic N) is 1. The highest BCUT2D eigenvalue weighted by atomic mass is 16.3. The van der Waals surface area contributed by atoms with Crippen LogP contribution >= 0.6 is 0 Å². The Balaban J connectivity index is 2.76. The Hall–Kier alpha value is -0.830. The van der Waals surface area contributed by atoms with Gasteiger partial charge in [0.25, 0.3) is 0 Å². The van der Waals surface area contributed by atoms with Gasteiger partial charge < -0.3 is 10.1 Å². The lowest BCUT2D eigenvalue weighted by Gasteiger charge is -1.78. The summed E-state index contributed by atoms with van der Waals surface area (Å²) in [4.78, 5) is 6.22. The molecule has 3 nitrogen and oxygen atoms in total. The van der Waals surface area contributed by atoms with Crippen LogP contribution < -0.4 is 0 Å². The first kappa shape index (κ1) is 4.33. The molecule has 3 heteroatoms. The third-order valence-corrected chi connectivity index (χ3v) is 0.661. The minimum Gasteiger partial charge on any atom is -0.390 e. The third kappa shape index (κ3) is 0.778. The smallest absolute Gasteiger partial charge is 0.114 e. The molecule has 0 bridgehead atoms. The summed E-state index contributed by atoms with van der Waals surface area (Å²) in [7, 11) is 0. The van der Waals surface area contributed by atoms with E-state index < -0.39 is 0 Å². The molecule has 0 spiro atoms. The molecule has 0 aliphatic rings. The fourth-order valence-corrected chi connectivity index (χ4v) is 0.334. The van der Waals surface area contributed by atoms with Crippen LogP contribution in [0.15, 0.2) is 6.33 Å². The minimum atomic E-state index is -0.0139. The van der Waals surface area contributed by atoms with Gasteiger partial charge in [-0.2, -0.15) is 0 Å². The number of hydrogen-bond acceptors (Lipinski definition) is 2. The molecular weight excluding hydrogens is 92.1 g/mol. The van der Waals surface area contributed by atoms with Crippen molar-refractivity contribution >= 4 is 0 Å². The van der Waals surface area contributed by atoms with Crippen LogP contribution in [0.1, 0.15) is 5.69 Å². The van der Waals surface area contributed by atoms with Crippen molar-refractivity contribution in [2.75, 3.05) is 0 Å². The summed E-state index contributed by atoms with van der Waals surface area (Å²) in [5, 5.41) is 8.32. The van der Waals surface area contributed by atoms with Gasteiger partial charge in [0, 0.05) is 0 Å². The van der Waals surface area contributed by atoms with E-state index in [9.17, 15) is 0 Å². The number of aliphatic hydroxyl groups is 1. The number of imidazole rings is 1. The summed E-state index contributed by atoms with van der Waals surface area (Å²) in [6.45, 7) is -0.0139. The van der Waals surface area contributed by atoms with Crippen LogP contribution in [0.4, 0.5) is 0 Å². The first-order valence-corrected chi connectivity index (χ1v) is 1.94. The molecule has 0 unspecified atom stereocenters. The van der Waals surface area contributed by atoms with Crippen LogP contribution in [-0.2, 0) is 6.61 Å². The Morgan fingerprint density at radius 2 is 2.86 bits per heavy atom. The number of nitrogens with one attached hydrogen (secondary N) is 1. The highest BCUT2D eigenvalue weighted by Gasteiger charge is 1.85. The van der Waals surface area contributed by atoms with Gasteiger partial charge in [-0.1, -0.05) is 0 Å². The predicted molar refractivity (Wildman–Crippen MR) is 23.3 cm³/mol. The lowest BCUT2D eigenvalue weighted by atomic mass is 10.5. The lowest BCUT2D eigenvalue weighted by Crippen LogP contribution is -1.78. The summed E-state index contributed by atoms with van der Waals surface area (Å²) in [5.41, 5.74) is 0.625. The number of aromatic amines is 1. The van der Waals surface area contributed by atoms with Crippen LogP contribution in [0.3, 0.4) is 0 Å². The molecule has 0 atom stereocenters. The van der Waals surface area contributed by atoms with Crippen molar-refractivity contribution in [2.45, 2.75) is 6.61 Å². The van der Waals surface area contributed by atoms with E-state index in [-0.39, 0.29) is 6.61 Å². The van der Waals surface area contributed by atoms with E-state index in [2.05, 4.69) is 16.2 Å². The average molecular weight is 97.1 g/mol. The van der Waals surface area contributed by atoms with Gasteiger partial charge in [-0.15, -0.1) is 0 Å². The maximum absolute atomic E-state index is 8.32. The molecular formula is C4H5N2O. The van der Waals surface area contributed by atoms with Crippen molar-refractivity contribution in [3.8, 4) is 0 Å². The largest absolute Gasteiger partial charge is 0.390 e. The van der Waals surface area contributed by atoms with Crippen LogP contribution in [-0.4, -0.2) is 15.1 Å². The van der Waals surface area contributed by atoms with Gasteiger partial charge in [-0.3, -0.25) is 0 Å². The summed E-state index contributed by atoms with van der Waals surface area (Å²) in [6, 6.07) is 0. The van der Waals surface area contributed by atoms with E-state index in [0.29, 0.717) is 5.69 Å². The molecule has 1 heterocycles. The number of hydrogen-bond donors (Lipinski definition) is 2. The fraction of sp³-hybridized carbons (Fsp3) is 0.250. The van der Waals surface area contributed by atoms with Crippen molar-refractivity contribution in [3.05, 3.63) is 18.2 Å². The molecule has 0 saturated heterocycles. The number of rotatable bonds is 1. The fourth-order valence-electron chi connectivity index (χ4n) is 0.334. The molecule has 0 aromatic carbocycles. The maximum atomic E-state index is 8.32. The highest BCUT2D eigenvalue weighted by Crippen LogP contribution is 1.84. The van der Waals surface area contributed by atoms with Crippen molar-refractivity contribution in [3.63, 3.8) is 0 Å². The molecule has 1 aromatic heterocycles. The highest BCUT2D eigenvalue weighted by molar-refractivity contribution is 4.87. The van der Waals surface area contributed by atoms with Crippen LogP contribution in [0.2, 0.25) is 0 Å². The van der Waals surface area contributed by atoms with Gasteiger partial charge >= 0.3 is 0 Å². The molecule has 2 N–H and O–H groups in total. The third-order valence-electron chi connectivity index (χ3n) is 0.661. The maximum Gasteiger partial charge on any atom is 0.114 e. The van der Waals surface area contributed by atoms with Gasteiger partial charge in [-0.25, -0.2) is 4.98 Å². The van der Waals surface area contributed by atoms with Gasteiger partial charge in [0.1, 0.15) is 6.20 Å². The Labute approximate surface area is 41.0 Å². The first-order chi connectivity index (χ1) is 3.43. The van der Waals surface area contributed by atoms with Crippen molar-refractivity contribution in [2.24, 2.45) is 0 Å². The molecule has 37 valence electrons. The standard InChI is InChI=1S/C4H5N2O/c7-2-4-1-5-3-6-4/h3,7H,2H2,(H,5,6). The van der Waals surface area contributed by atoms with Gasteiger partial charge in [-0.05, 0) is 0 Å². The van der Waals surface area contributed by atoms with E-state index in [1.54, 1.807) is 0 Å². The summed E-state index contributed by atoms with van der Waals surface area (Å²) < 4.78 is 0. The van der Waals surface area contributed by atoms with Gasteiger partial charge in [0.2, 0.25) is 0 Å². The Kier molecular flexibility index (Phi) is 1.08. The summed E-state index contributed by atoms with van der Waals surface area (Å²) in [6.07, 6.45) is 4.01. The molecule has 0 aliphatic heterocycles. The molecule has 1 radical (unpaired) electrons. The SMILES string of the molecule is OCc1[c]nc[nH]1.